The summed E-state index contributed by atoms with van der Waals surface area (Å²) in [5.41, 5.74) is 1.43. The van der Waals surface area contributed by atoms with Crippen molar-refractivity contribution < 1.29 is 37.5 Å². The van der Waals surface area contributed by atoms with Crippen LogP contribution in [0.1, 0.15) is 10.4 Å². The number of hydrogen-bond acceptors (Lipinski definition) is 2. The Balaban J connectivity index is 0.00000180. The van der Waals surface area contributed by atoms with Crippen LogP contribution in [0.15, 0.2) is 67.0 Å². The predicted molar refractivity (Wildman–Crippen MR) is 71.9 cm³/mol. The molecule has 3 nitrogen and oxygen atoms in total. The zero-order valence-corrected chi connectivity index (χ0v) is 13.2. The second kappa shape index (κ2) is 7.87. The van der Waals surface area contributed by atoms with E-state index >= 15 is 0 Å². The molecule has 0 saturated carbocycles. The Morgan fingerprint density at radius 3 is 2.47 bits per heavy atom. The number of rotatable bonds is 4. The van der Waals surface area contributed by atoms with Crippen LogP contribution in [0, 0.1) is 6.07 Å². The Bertz CT molecular complexity index is 541. The average molecular weight is 326 g/mol. The molecule has 0 saturated heterocycles. The molecule has 2 N–H and O–H groups in total. The monoisotopic (exact) mass is 326 g/mol. The van der Waals surface area contributed by atoms with Crippen molar-refractivity contribution in [1.29, 1.82) is 0 Å². The zero-order valence-electron chi connectivity index (χ0n) is 10.4. The molecule has 0 aliphatic heterocycles. The number of benzene rings is 2. The minimum atomic E-state index is -0.187. The molecule has 0 heterocycles. The van der Waals surface area contributed by atoms with Gasteiger partial charge in [-0.3, -0.25) is 4.79 Å². The Hall–Kier alpha value is -1.45. The first-order valence-electron chi connectivity index (χ1n) is 5.54. The molecule has 0 atom stereocenters. The van der Waals surface area contributed by atoms with Gasteiger partial charge in [-0.25, -0.2) is 0 Å². The van der Waals surface area contributed by atoms with E-state index in [0.717, 1.165) is 5.69 Å². The van der Waals surface area contributed by atoms with Crippen molar-refractivity contribution in [3.63, 3.8) is 0 Å². The van der Waals surface area contributed by atoms with Gasteiger partial charge in [-0.15, -0.1) is 6.07 Å². The third-order valence-corrected chi connectivity index (χ3v) is 2.30. The molecule has 0 aliphatic rings. The van der Waals surface area contributed by atoms with E-state index in [-0.39, 0.29) is 38.6 Å². The number of amides is 1. The molecule has 0 spiro atoms. The van der Waals surface area contributed by atoms with Gasteiger partial charge >= 0.3 is 0 Å². The molecule has 19 heavy (non-hydrogen) atoms. The van der Waals surface area contributed by atoms with E-state index in [0.29, 0.717) is 11.4 Å². The normalized spacial score (nSPS) is 9.05. The van der Waals surface area contributed by atoms with Gasteiger partial charge in [0.15, 0.2) is 0 Å². The quantitative estimate of drug-likeness (QED) is 0.849. The minimum Gasteiger partial charge on any atom is -0.395 e. The van der Waals surface area contributed by atoms with Crippen LogP contribution >= 0.6 is 0 Å². The van der Waals surface area contributed by atoms with Crippen molar-refractivity contribution in [3.8, 4) is 0 Å². The summed E-state index contributed by atoms with van der Waals surface area (Å²) in [4.78, 5) is 11.8. The van der Waals surface area contributed by atoms with Crippen LogP contribution in [0.25, 0.3) is 0 Å². The van der Waals surface area contributed by atoms with Crippen molar-refractivity contribution in [2.24, 2.45) is 0 Å². The third-order valence-electron chi connectivity index (χ3n) is 2.30. The van der Waals surface area contributed by atoms with Crippen molar-refractivity contribution in [2.75, 3.05) is 5.32 Å². The first-order valence-corrected chi connectivity index (χ1v) is 5.54. The fraction of sp³-hybridized carbons (Fsp3) is 0. The summed E-state index contributed by atoms with van der Waals surface area (Å²) >= 11 is 0. The molecule has 2 aromatic carbocycles. The fourth-order valence-corrected chi connectivity index (χ4v) is 1.48. The maximum atomic E-state index is 11.8. The van der Waals surface area contributed by atoms with E-state index in [1.807, 2.05) is 30.3 Å². The van der Waals surface area contributed by atoms with Crippen LogP contribution in [0.5, 0.6) is 0 Å². The van der Waals surface area contributed by atoms with Gasteiger partial charge in [0, 0.05) is 38.3 Å². The Morgan fingerprint density at radius 1 is 1.11 bits per heavy atom. The number of carbonyl (C=O) groups is 1. The molecule has 1 radical (unpaired) electrons. The second-order valence-electron chi connectivity index (χ2n) is 3.72. The van der Waals surface area contributed by atoms with E-state index in [9.17, 15) is 4.79 Å². The summed E-state index contributed by atoms with van der Waals surface area (Å²) in [7, 11) is 0. The van der Waals surface area contributed by atoms with E-state index in [1.165, 1.54) is 0 Å². The Kier molecular flexibility index (Phi) is 6.47. The van der Waals surface area contributed by atoms with Crippen molar-refractivity contribution >= 4 is 11.6 Å². The molecule has 2 rings (SSSR count). The van der Waals surface area contributed by atoms with Crippen LogP contribution in [-0.2, 0) is 32.7 Å². The molecular weight excluding hydrogens is 313 g/mol. The second-order valence-corrected chi connectivity index (χ2v) is 3.72. The Morgan fingerprint density at radius 2 is 1.84 bits per heavy atom. The summed E-state index contributed by atoms with van der Waals surface area (Å²) in [5, 5.41) is 5.67. The van der Waals surface area contributed by atoms with Crippen LogP contribution in [-0.4, -0.2) is 5.91 Å². The van der Waals surface area contributed by atoms with Gasteiger partial charge in [-0.1, -0.05) is 30.5 Å². The first-order chi connectivity index (χ1) is 8.75. The minimum absolute atomic E-state index is 0. The molecule has 0 bridgehead atoms. The topological polar surface area (TPSA) is 41.1 Å². The standard InChI is InChI=1S/C15H13N2O.Y/c1-12(16-14-10-6-3-7-11-14)17-15(18)13-8-4-2-5-9-13;/h2-6,8-11,16H,1H2,(H,17,18);/q-1;. The zero-order chi connectivity index (χ0) is 12.8. The average Bonchev–Trinajstić information content (AvgIpc) is 2.40. The number of nitrogens with one attached hydrogen (secondary N) is 2. The van der Waals surface area contributed by atoms with Gasteiger partial charge in [-0.2, -0.15) is 24.3 Å². The van der Waals surface area contributed by atoms with Gasteiger partial charge in [-0.05, 0) is 12.1 Å². The van der Waals surface area contributed by atoms with Crippen LogP contribution < -0.4 is 10.6 Å². The molecule has 2 aromatic rings. The molecule has 0 aromatic heterocycles. The van der Waals surface area contributed by atoms with Crippen LogP contribution in [0.3, 0.4) is 0 Å². The van der Waals surface area contributed by atoms with Crippen LogP contribution in [0.4, 0.5) is 5.69 Å². The van der Waals surface area contributed by atoms with E-state index in [4.69, 9.17) is 0 Å². The summed E-state index contributed by atoms with van der Waals surface area (Å²) in [5.74, 6) is 0.247. The number of carbonyl (C=O) groups excluding carboxylic acids is 1. The molecule has 1 amide bonds. The number of anilines is 1. The van der Waals surface area contributed by atoms with E-state index in [2.05, 4.69) is 23.3 Å². The first kappa shape index (κ1) is 15.6. The Labute approximate surface area is 138 Å². The van der Waals surface area contributed by atoms with Crippen LogP contribution in [0.2, 0.25) is 0 Å². The molecule has 93 valence electrons. The summed E-state index contributed by atoms with van der Waals surface area (Å²) in [6.45, 7) is 3.76. The summed E-state index contributed by atoms with van der Waals surface area (Å²) in [6.07, 6.45) is 0. The summed E-state index contributed by atoms with van der Waals surface area (Å²) < 4.78 is 0. The smallest absolute Gasteiger partial charge is 0.256 e. The van der Waals surface area contributed by atoms with Crippen molar-refractivity contribution in [1.82, 2.24) is 5.32 Å². The van der Waals surface area contributed by atoms with Crippen molar-refractivity contribution in [2.45, 2.75) is 0 Å². The molecule has 4 heteroatoms. The molecule has 0 aliphatic carbocycles. The number of hydrogen-bond donors (Lipinski definition) is 2. The fourth-order valence-electron chi connectivity index (χ4n) is 1.48. The van der Waals surface area contributed by atoms with Gasteiger partial charge < -0.3 is 10.6 Å². The van der Waals surface area contributed by atoms with Gasteiger partial charge in [0.1, 0.15) is 0 Å². The van der Waals surface area contributed by atoms with Crippen molar-refractivity contribution in [3.05, 3.63) is 78.6 Å². The summed E-state index contributed by atoms with van der Waals surface area (Å²) in [6, 6.07) is 19.2. The SMILES string of the molecule is C=C(NC(=O)c1ccccc1)Nc1c[c-]ccc1.[Y]. The van der Waals surface area contributed by atoms with Gasteiger partial charge in [0.05, 0.1) is 5.82 Å². The van der Waals surface area contributed by atoms with E-state index in [1.54, 1.807) is 24.3 Å². The van der Waals surface area contributed by atoms with E-state index < -0.39 is 0 Å². The van der Waals surface area contributed by atoms with Gasteiger partial charge in [0.25, 0.3) is 5.91 Å². The molecule has 0 fully saturated rings. The maximum Gasteiger partial charge on any atom is 0.256 e. The maximum absolute atomic E-state index is 11.8. The predicted octanol–water partition coefficient (Wildman–Crippen LogP) is 2.80. The molecule has 0 unspecified atom stereocenters. The molecular formula is C15H13N2OY-. The third kappa shape index (κ3) is 4.97. The largest absolute Gasteiger partial charge is 0.395 e. The van der Waals surface area contributed by atoms with Gasteiger partial charge in [0.2, 0.25) is 0 Å².